The molecule has 6 heteroatoms. The Morgan fingerprint density at radius 2 is 2.21 bits per heavy atom. The number of carbonyl (C=O) groups is 2. The summed E-state index contributed by atoms with van der Waals surface area (Å²) in [4.78, 5) is 24.8. The molecule has 5 nitrogen and oxygen atoms in total. The normalized spacial score (nSPS) is 19.4. The molecule has 1 saturated heterocycles. The van der Waals surface area contributed by atoms with Crippen molar-refractivity contribution in [2.24, 2.45) is 5.92 Å². The molecule has 1 aliphatic heterocycles. The van der Waals surface area contributed by atoms with Gasteiger partial charge in [-0.05, 0) is 38.2 Å². The van der Waals surface area contributed by atoms with Crippen LogP contribution in [0.15, 0.2) is 18.2 Å². The third-order valence-electron chi connectivity index (χ3n) is 3.23. The smallest absolute Gasteiger partial charge is 0.335 e. The van der Waals surface area contributed by atoms with E-state index in [9.17, 15) is 14.0 Å². The molecule has 2 N–H and O–H groups in total. The third-order valence-corrected chi connectivity index (χ3v) is 3.23. The summed E-state index contributed by atoms with van der Waals surface area (Å²) in [6, 6.07) is 3.34. The van der Waals surface area contributed by atoms with Crippen LogP contribution in [0.5, 0.6) is 0 Å². The number of likely N-dealkylation sites (tertiary alicyclic amines) is 1. The largest absolute Gasteiger partial charge is 0.478 e. The van der Waals surface area contributed by atoms with E-state index in [4.69, 9.17) is 5.11 Å². The summed E-state index contributed by atoms with van der Waals surface area (Å²) in [5, 5.41) is 11.3. The van der Waals surface area contributed by atoms with Crippen molar-refractivity contribution in [3.63, 3.8) is 0 Å². The Hall–Kier alpha value is -1.95. The molecular weight excluding hydrogens is 251 g/mol. The second-order valence-corrected chi connectivity index (χ2v) is 4.74. The molecule has 1 aromatic rings. The molecule has 102 valence electrons. The number of benzene rings is 1. The van der Waals surface area contributed by atoms with Crippen LogP contribution in [0.1, 0.15) is 16.8 Å². The first-order valence-electron chi connectivity index (χ1n) is 5.99. The van der Waals surface area contributed by atoms with E-state index in [0.717, 1.165) is 31.2 Å². The molecule has 0 aliphatic carbocycles. The minimum Gasteiger partial charge on any atom is -0.478 e. The van der Waals surface area contributed by atoms with Crippen LogP contribution in [0.2, 0.25) is 0 Å². The lowest BCUT2D eigenvalue weighted by atomic mass is 10.1. The van der Waals surface area contributed by atoms with Crippen LogP contribution in [-0.4, -0.2) is 42.0 Å². The van der Waals surface area contributed by atoms with Crippen molar-refractivity contribution in [1.29, 1.82) is 0 Å². The highest BCUT2D eigenvalue weighted by Gasteiger charge is 2.26. The van der Waals surface area contributed by atoms with E-state index in [0.29, 0.717) is 6.54 Å². The number of halogens is 1. The van der Waals surface area contributed by atoms with E-state index >= 15 is 0 Å². The number of carboxylic acid groups (broad SMARTS) is 1. The minimum absolute atomic E-state index is 0.0553. The van der Waals surface area contributed by atoms with Crippen LogP contribution in [0, 0.1) is 11.7 Å². The maximum Gasteiger partial charge on any atom is 0.335 e. The van der Waals surface area contributed by atoms with Crippen molar-refractivity contribution in [3.8, 4) is 0 Å². The molecule has 1 unspecified atom stereocenters. The zero-order valence-electron chi connectivity index (χ0n) is 10.5. The van der Waals surface area contributed by atoms with Crippen molar-refractivity contribution in [2.75, 3.05) is 25.5 Å². The molecular formula is C13H15FN2O3. The fourth-order valence-corrected chi connectivity index (χ4v) is 2.14. The van der Waals surface area contributed by atoms with Gasteiger partial charge in [-0.25, -0.2) is 9.18 Å². The van der Waals surface area contributed by atoms with E-state index < -0.39 is 11.8 Å². The van der Waals surface area contributed by atoms with Gasteiger partial charge in [-0.15, -0.1) is 0 Å². The number of anilines is 1. The first-order chi connectivity index (χ1) is 8.97. The summed E-state index contributed by atoms with van der Waals surface area (Å²) in [7, 11) is 1.92. The lowest BCUT2D eigenvalue weighted by molar-refractivity contribution is -0.119. The molecule has 0 spiro atoms. The highest BCUT2D eigenvalue weighted by molar-refractivity contribution is 5.95. The number of carbonyl (C=O) groups excluding carboxylic acids is 1. The maximum absolute atomic E-state index is 13.5. The lowest BCUT2D eigenvalue weighted by Crippen LogP contribution is -2.25. The first kappa shape index (κ1) is 13.5. The second kappa shape index (κ2) is 5.36. The van der Waals surface area contributed by atoms with Gasteiger partial charge in [-0.3, -0.25) is 4.79 Å². The van der Waals surface area contributed by atoms with Crippen molar-refractivity contribution >= 4 is 17.6 Å². The molecule has 1 aliphatic rings. The van der Waals surface area contributed by atoms with Gasteiger partial charge in [0, 0.05) is 6.54 Å². The number of hydrogen-bond acceptors (Lipinski definition) is 3. The van der Waals surface area contributed by atoms with E-state index in [2.05, 4.69) is 5.32 Å². The lowest BCUT2D eigenvalue weighted by Gasteiger charge is -2.12. The maximum atomic E-state index is 13.5. The zero-order chi connectivity index (χ0) is 14.0. The summed E-state index contributed by atoms with van der Waals surface area (Å²) in [6.07, 6.45) is 0.725. The van der Waals surface area contributed by atoms with Crippen molar-refractivity contribution in [3.05, 3.63) is 29.6 Å². The Balaban J connectivity index is 2.12. The van der Waals surface area contributed by atoms with E-state index in [1.807, 2.05) is 11.9 Å². The Morgan fingerprint density at radius 3 is 2.79 bits per heavy atom. The molecule has 0 bridgehead atoms. The summed E-state index contributed by atoms with van der Waals surface area (Å²) in [5.41, 5.74) is -0.139. The van der Waals surface area contributed by atoms with Gasteiger partial charge in [0.05, 0.1) is 17.2 Å². The molecule has 1 aromatic carbocycles. The first-order valence-corrected chi connectivity index (χ1v) is 5.99. The van der Waals surface area contributed by atoms with Gasteiger partial charge >= 0.3 is 5.97 Å². The van der Waals surface area contributed by atoms with E-state index in [1.165, 1.54) is 0 Å². The third kappa shape index (κ3) is 3.08. The molecule has 0 radical (unpaired) electrons. The fourth-order valence-electron chi connectivity index (χ4n) is 2.14. The molecule has 1 amide bonds. The molecule has 1 heterocycles. The van der Waals surface area contributed by atoms with E-state index in [1.54, 1.807) is 0 Å². The topological polar surface area (TPSA) is 69.6 Å². The minimum atomic E-state index is -1.16. The highest BCUT2D eigenvalue weighted by Crippen LogP contribution is 2.20. The van der Waals surface area contributed by atoms with Gasteiger partial charge < -0.3 is 15.3 Å². The van der Waals surface area contributed by atoms with Crippen LogP contribution in [0.4, 0.5) is 10.1 Å². The fraction of sp³-hybridized carbons (Fsp3) is 0.385. The molecule has 19 heavy (non-hydrogen) atoms. The van der Waals surface area contributed by atoms with Gasteiger partial charge in [0.15, 0.2) is 0 Å². The second-order valence-electron chi connectivity index (χ2n) is 4.74. The van der Waals surface area contributed by atoms with Crippen molar-refractivity contribution in [1.82, 2.24) is 4.90 Å². The molecule has 2 rings (SSSR count). The number of nitrogens with zero attached hydrogens (tertiary/aromatic N) is 1. The number of carboxylic acids is 1. The van der Waals surface area contributed by atoms with Crippen LogP contribution < -0.4 is 5.32 Å². The summed E-state index contributed by atoms with van der Waals surface area (Å²) >= 11 is 0. The van der Waals surface area contributed by atoms with Crippen LogP contribution in [0.3, 0.4) is 0 Å². The Morgan fingerprint density at radius 1 is 1.47 bits per heavy atom. The number of aromatic carboxylic acids is 1. The van der Waals surface area contributed by atoms with Gasteiger partial charge in [0.2, 0.25) is 5.91 Å². The van der Waals surface area contributed by atoms with E-state index in [-0.39, 0.29) is 23.1 Å². The Bertz CT molecular complexity index is 519. The van der Waals surface area contributed by atoms with Gasteiger partial charge in [-0.2, -0.15) is 0 Å². The summed E-state index contributed by atoms with van der Waals surface area (Å²) in [5.74, 6) is -2.25. The highest BCUT2D eigenvalue weighted by atomic mass is 19.1. The van der Waals surface area contributed by atoms with Gasteiger partial charge in [0.25, 0.3) is 0 Å². The van der Waals surface area contributed by atoms with Crippen LogP contribution >= 0.6 is 0 Å². The predicted octanol–water partition coefficient (Wildman–Crippen LogP) is 1.41. The average molecular weight is 266 g/mol. The van der Waals surface area contributed by atoms with Crippen molar-refractivity contribution < 1.29 is 19.1 Å². The number of rotatable bonds is 3. The van der Waals surface area contributed by atoms with Gasteiger partial charge in [0.1, 0.15) is 5.82 Å². The monoisotopic (exact) mass is 266 g/mol. The predicted molar refractivity (Wildman–Crippen MR) is 67.6 cm³/mol. The average Bonchev–Trinajstić information content (AvgIpc) is 2.78. The number of amides is 1. The molecule has 1 atom stereocenters. The van der Waals surface area contributed by atoms with Crippen molar-refractivity contribution in [2.45, 2.75) is 6.42 Å². The number of nitrogens with one attached hydrogen (secondary N) is 1. The van der Waals surface area contributed by atoms with Crippen LogP contribution in [0.25, 0.3) is 0 Å². The summed E-state index contributed by atoms with van der Waals surface area (Å²) < 4.78 is 13.5. The molecule has 0 saturated carbocycles. The molecule has 0 aromatic heterocycles. The van der Waals surface area contributed by atoms with Crippen LogP contribution in [-0.2, 0) is 4.79 Å². The molecule has 1 fully saturated rings. The number of hydrogen-bond donors (Lipinski definition) is 2. The quantitative estimate of drug-likeness (QED) is 0.868. The zero-order valence-corrected chi connectivity index (χ0v) is 10.5. The summed E-state index contributed by atoms with van der Waals surface area (Å²) in [6.45, 7) is 1.46. The Labute approximate surface area is 110 Å². The SMILES string of the molecule is CN1CCC(C(=O)Nc2cc(C(=O)O)ccc2F)C1. The Kier molecular flexibility index (Phi) is 3.80. The van der Waals surface area contributed by atoms with Gasteiger partial charge in [-0.1, -0.05) is 0 Å². The standard InChI is InChI=1S/C13H15FN2O3/c1-16-5-4-9(7-16)12(17)15-11-6-8(13(18)19)2-3-10(11)14/h2-3,6,9H,4-5,7H2,1H3,(H,15,17)(H,18,19).